The minimum atomic E-state index is -0.832. The molecule has 0 amide bonds. The van der Waals surface area contributed by atoms with Gasteiger partial charge in [0.25, 0.3) is 0 Å². The molecule has 0 fully saturated rings. The molecule has 0 saturated carbocycles. The fourth-order valence-electron chi connectivity index (χ4n) is 2.66. The molecule has 2 N–H and O–H groups in total. The van der Waals surface area contributed by atoms with Gasteiger partial charge in [-0.2, -0.15) is 0 Å². The zero-order valence-electron chi connectivity index (χ0n) is 14.1. The summed E-state index contributed by atoms with van der Waals surface area (Å²) in [6, 6.07) is 11.4. The summed E-state index contributed by atoms with van der Waals surface area (Å²) in [6.45, 7) is 4.08. The van der Waals surface area contributed by atoms with Crippen molar-refractivity contribution in [2.45, 2.75) is 26.7 Å². The van der Waals surface area contributed by atoms with Crippen molar-refractivity contribution in [3.63, 3.8) is 0 Å². The average Bonchev–Trinajstić information content (AvgIpc) is 3.10. The third-order valence-corrected chi connectivity index (χ3v) is 4.75. The fraction of sp³-hybridized carbons (Fsp3) is 0.211. The quantitative estimate of drug-likeness (QED) is 0.685. The van der Waals surface area contributed by atoms with Crippen LogP contribution in [0.4, 0.5) is 11.5 Å². The highest BCUT2D eigenvalue weighted by molar-refractivity contribution is 7.13. The normalized spacial score (nSPS) is 10.6. The lowest BCUT2D eigenvalue weighted by molar-refractivity contribution is -0.136. The molecule has 3 aromatic rings. The lowest BCUT2D eigenvalue weighted by Gasteiger charge is -2.14. The molecular weight excluding hydrogens is 334 g/mol. The molecule has 2 heterocycles. The van der Waals surface area contributed by atoms with Crippen molar-refractivity contribution in [2.75, 3.05) is 5.32 Å². The van der Waals surface area contributed by atoms with Gasteiger partial charge in [-0.05, 0) is 42.5 Å². The van der Waals surface area contributed by atoms with Crippen LogP contribution < -0.4 is 5.32 Å². The highest BCUT2D eigenvalue weighted by Crippen LogP contribution is 2.27. The van der Waals surface area contributed by atoms with Gasteiger partial charge >= 0.3 is 5.97 Å². The molecule has 0 aliphatic heterocycles. The number of carboxylic acid groups (broad SMARTS) is 1. The van der Waals surface area contributed by atoms with Crippen LogP contribution in [0.3, 0.4) is 0 Å². The SMILES string of the molecule is CCc1c(C)nc(-c2cccs2)nc1Nc1ccc(CC(=O)O)cc1. The number of rotatable bonds is 6. The summed E-state index contributed by atoms with van der Waals surface area (Å²) in [5.41, 5.74) is 3.69. The van der Waals surface area contributed by atoms with Crippen LogP contribution in [0.15, 0.2) is 41.8 Å². The molecule has 0 atom stereocenters. The van der Waals surface area contributed by atoms with Gasteiger partial charge in [0, 0.05) is 16.9 Å². The number of benzene rings is 1. The number of hydrogen-bond acceptors (Lipinski definition) is 5. The molecule has 128 valence electrons. The molecule has 3 rings (SSSR count). The van der Waals surface area contributed by atoms with Gasteiger partial charge in [0.2, 0.25) is 0 Å². The number of carboxylic acids is 1. The Labute approximate surface area is 150 Å². The van der Waals surface area contributed by atoms with Crippen LogP contribution in [0.2, 0.25) is 0 Å². The van der Waals surface area contributed by atoms with Crippen LogP contribution in [-0.4, -0.2) is 21.0 Å². The van der Waals surface area contributed by atoms with E-state index in [1.807, 2.05) is 48.7 Å². The lowest BCUT2D eigenvalue weighted by atomic mass is 10.1. The molecule has 0 aliphatic rings. The molecule has 6 heteroatoms. The molecule has 5 nitrogen and oxygen atoms in total. The molecule has 25 heavy (non-hydrogen) atoms. The summed E-state index contributed by atoms with van der Waals surface area (Å²) in [7, 11) is 0. The van der Waals surface area contributed by atoms with Crippen LogP contribution in [0.5, 0.6) is 0 Å². The van der Waals surface area contributed by atoms with E-state index in [4.69, 9.17) is 10.1 Å². The third kappa shape index (κ3) is 4.03. The summed E-state index contributed by atoms with van der Waals surface area (Å²) >= 11 is 1.61. The van der Waals surface area contributed by atoms with Gasteiger partial charge in [-0.1, -0.05) is 25.1 Å². The Morgan fingerprint density at radius 3 is 2.56 bits per heavy atom. The number of carbonyl (C=O) groups is 1. The standard InChI is InChI=1S/C19H19N3O2S/c1-3-15-12(2)20-19(16-5-4-10-25-16)22-18(15)21-14-8-6-13(7-9-14)11-17(23)24/h4-10H,3,11H2,1-2H3,(H,23,24)(H,20,21,22). The van der Waals surface area contributed by atoms with Gasteiger partial charge < -0.3 is 10.4 Å². The van der Waals surface area contributed by atoms with Crippen molar-refractivity contribution in [3.05, 3.63) is 58.6 Å². The number of nitrogens with one attached hydrogen (secondary N) is 1. The smallest absolute Gasteiger partial charge is 0.307 e. The van der Waals surface area contributed by atoms with Crippen molar-refractivity contribution >= 4 is 28.8 Å². The van der Waals surface area contributed by atoms with Crippen LogP contribution in [-0.2, 0) is 17.6 Å². The first kappa shape index (κ1) is 17.1. The third-order valence-electron chi connectivity index (χ3n) is 3.88. The van der Waals surface area contributed by atoms with Crippen molar-refractivity contribution in [3.8, 4) is 10.7 Å². The number of aryl methyl sites for hydroxylation is 1. The van der Waals surface area contributed by atoms with E-state index in [0.29, 0.717) is 0 Å². The minimum Gasteiger partial charge on any atom is -0.481 e. The fourth-order valence-corrected chi connectivity index (χ4v) is 3.31. The highest BCUT2D eigenvalue weighted by atomic mass is 32.1. The van der Waals surface area contributed by atoms with E-state index < -0.39 is 5.97 Å². The summed E-state index contributed by atoms with van der Waals surface area (Å²) < 4.78 is 0. The lowest BCUT2D eigenvalue weighted by Crippen LogP contribution is -2.05. The van der Waals surface area contributed by atoms with Crippen LogP contribution in [0.25, 0.3) is 10.7 Å². The van der Waals surface area contributed by atoms with Gasteiger partial charge in [-0.3, -0.25) is 4.79 Å². The minimum absolute atomic E-state index is 0.0234. The molecule has 1 aromatic carbocycles. The van der Waals surface area contributed by atoms with Crippen LogP contribution >= 0.6 is 11.3 Å². The molecule has 0 radical (unpaired) electrons. The first-order chi connectivity index (χ1) is 12.1. The molecule has 0 spiro atoms. The number of anilines is 2. The highest BCUT2D eigenvalue weighted by Gasteiger charge is 2.12. The maximum Gasteiger partial charge on any atom is 0.307 e. The molecular formula is C19H19N3O2S. The second-order valence-electron chi connectivity index (χ2n) is 5.68. The van der Waals surface area contributed by atoms with Gasteiger partial charge in [0.05, 0.1) is 11.3 Å². The van der Waals surface area contributed by atoms with Crippen molar-refractivity contribution in [1.29, 1.82) is 0 Å². The van der Waals surface area contributed by atoms with E-state index in [1.54, 1.807) is 11.3 Å². The first-order valence-electron chi connectivity index (χ1n) is 8.06. The topological polar surface area (TPSA) is 75.1 Å². The Hall–Kier alpha value is -2.73. The van der Waals surface area contributed by atoms with Gasteiger partial charge in [-0.25, -0.2) is 9.97 Å². The zero-order valence-corrected chi connectivity index (χ0v) is 14.9. The van der Waals surface area contributed by atoms with E-state index in [2.05, 4.69) is 17.2 Å². The summed E-state index contributed by atoms with van der Waals surface area (Å²) in [5.74, 6) is 0.681. The van der Waals surface area contributed by atoms with Gasteiger partial charge in [-0.15, -0.1) is 11.3 Å². The molecule has 2 aromatic heterocycles. The number of nitrogens with zero attached hydrogens (tertiary/aromatic N) is 2. The largest absolute Gasteiger partial charge is 0.481 e. The second-order valence-corrected chi connectivity index (χ2v) is 6.63. The number of aliphatic carboxylic acids is 1. The van der Waals surface area contributed by atoms with Crippen molar-refractivity contribution in [2.24, 2.45) is 0 Å². The maximum atomic E-state index is 10.8. The first-order valence-corrected chi connectivity index (χ1v) is 8.94. The average molecular weight is 353 g/mol. The molecule has 0 saturated heterocycles. The van der Waals surface area contributed by atoms with E-state index in [9.17, 15) is 4.79 Å². The molecule has 0 aliphatic carbocycles. The Bertz CT molecular complexity index is 874. The van der Waals surface area contributed by atoms with E-state index in [1.165, 1.54) is 0 Å². The Morgan fingerprint density at radius 1 is 1.20 bits per heavy atom. The maximum absolute atomic E-state index is 10.8. The van der Waals surface area contributed by atoms with Crippen molar-refractivity contribution in [1.82, 2.24) is 9.97 Å². The van der Waals surface area contributed by atoms with Gasteiger partial charge in [0.15, 0.2) is 5.82 Å². The van der Waals surface area contributed by atoms with E-state index >= 15 is 0 Å². The molecule has 0 bridgehead atoms. The Kier molecular flexibility index (Phi) is 5.09. The predicted octanol–water partition coefficient (Wildman–Crippen LogP) is 4.45. The predicted molar refractivity (Wildman–Crippen MR) is 101 cm³/mol. The van der Waals surface area contributed by atoms with Crippen LogP contribution in [0, 0.1) is 6.92 Å². The zero-order chi connectivity index (χ0) is 17.8. The Morgan fingerprint density at radius 2 is 1.96 bits per heavy atom. The number of thiophene rings is 1. The molecule has 0 unspecified atom stereocenters. The number of hydrogen-bond donors (Lipinski definition) is 2. The van der Waals surface area contributed by atoms with E-state index in [0.717, 1.165) is 45.4 Å². The monoisotopic (exact) mass is 353 g/mol. The summed E-state index contributed by atoms with van der Waals surface area (Å²) in [5, 5.41) is 14.2. The second kappa shape index (κ2) is 7.44. The summed E-state index contributed by atoms with van der Waals surface area (Å²) in [6.07, 6.45) is 0.853. The van der Waals surface area contributed by atoms with Gasteiger partial charge in [0.1, 0.15) is 5.82 Å². The van der Waals surface area contributed by atoms with Crippen molar-refractivity contribution < 1.29 is 9.90 Å². The summed E-state index contributed by atoms with van der Waals surface area (Å²) in [4.78, 5) is 21.2. The van der Waals surface area contributed by atoms with Crippen LogP contribution in [0.1, 0.15) is 23.7 Å². The van der Waals surface area contributed by atoms with E-state index in [-0.39, 0.29) is 6.42 Å². The number of aromatic nitrogens is 2. The Balaban J connectivity index is 1.91.